The van der Waals surface area contributed by atoms with Crippen molar-refractivity contribution >= 4 is 5.69 Å². The van der Waals surface area contributed by atoms with Crippen LogP contribution in [0.2, 0.25) is 0 Å². The molecule has 0 amide bonds. The van der Waals surface area contributed by atoms with E-state index >= 15 is 0 Å². The molecule has 0 radical (unpaired) electrons. The Morgan fingerprint density at radius 2 is 1.88 bits per heavy atom. The molecule has 0 aliphatic carbocycles. The van der Waals surface area contributed by atoms with Gasteiger partial charge in [0.15, 0.2) is 11.6 Å². The Hall–Kier alpha value is -3.06. The molecule has 0 saturated heterocycles. The molecule has 3 aromatic rings. The highest BCUT2D eigenvalue weighted by Crippen LogP contribution is 2.20. The molecule has 0 spiro atoms. The smallest absolute Gasteiger partial charge is 0.163 e. The molecular formula is C20H20N4. The van der Waals surface area contributed by atoms with Gasteiger partial charge in [-0.15, -0.1) is 16.6 Å². The van der Waals surface area contributed by atoms with Crippen LogP contribution in [-0.4, -0.2) is 21.3 Å². The maximum absolute atomic E-state index is 5.51. The maximum atomic E-state index is 5.51. The SMILES string of the molecule is C#Cc1cccc(N(CC)Cc2nnc(-c3ccccc3)n2C)c1. The number of terminal acetylenes is 1. The van der Waals surface area contributed by atoms with E-state index in [1.807, 2.05) is 60.1 Å². The fraction of sp³-hybridized carbons (Fsp3) is 0.200. The van der Waals surface area contributed by atoms with Crippen molar-refractivity contribution < 1.29 is 0 Å². The van der Waals surface area contributed by atoms with E-state index in [0.29, 0.717) is 6.54 Å². The lowest BCUT2D eigenvalue weighted by molar-refractivity contribution is 0.731. The van der Waals surface area contributed by atoms with Gasteiger partial charge in [-0.2, -0.15) is 0 Å². The number of rotatable bonds is 5. The third kappa shape index (κ3) is 3.16. The largest absolute Gasteiger partial charge is 0.364 e. The summed E-state index contributed by atoms with van der Waals surface area (Å²) in [5.41, 5.74) is 3.04. The van der Waals surface area contributed by atoms with Crippen LogP contribution >= 0.6 is 0 Å². The second-order valence-corrected chi connectivity index (χ2v) is 5.57. The summed E-state index contributed by atoms with van der Waals surface area (Å²) in [5, 5.41) is 8.73. The Morgan fingerprint density at radius 1 is 1.08 bits per heavy atom. The van der Waals surface area contributed by atoms with E-state index in [0.717, 1.165) is 35.0 Å². The van der Waals surface area contributed by atoms with E-state index in [-0.39, 0.29) is 0 Å². The molecule has 4 nitrogen and oxygen atoms in total. The lowest BCUT2D eigenvalue weighted by atomic mass is 10.2. The number of benzene rings is 2. The Balaban J connectivity index is 1.87. The van der Waals surface area contributed by atoms with Crippen LogP contribution in [0, 0.1) is 12.3 Å². The van der Waals surface area contributed by atoms with Crippen molar-refractivity contribution in [1.82, 2.24) is 14.8 Å². The summed E-state index contributed by atoms with van der Waals surface area (Å²) in [5.74, 6) is 4.48. The lowest BCUT2D eigenvalue weighted by Crippen LogP contribution is -2.24. The van der Waals surface area contributed by atoms with Gasteiger partial charge in [0.25, 0.3) is 0 Å². The summed E-state index contributed by atoms with van der Waals surface area (Å²) in [6.07, 6.45) is 5.51. The van der Waals surface area contributed by atoms with Gasteiger partial charge in [-0.05, 0) is 25.1 Å². The van der Waals surface area contributed by atoms with Gasteiger partial charge < -0.3 is 9.47 Å². The molecule has 0 aliphatic rings. The van der Waals surface area contributed by atoms with Crippen LogP contribution in [0.1, 0.15) is 18.3 Å². The van der Waals surface area contributed by atoms with Crippen LogP contribution in [0.15, 0.2) is 54.6 Å². The van der Waals surface area contributed by atoms with E-state index in [2.05, 4.69) is 34.0 Å². The highest BCUT2D eigenvalue weighted by atomic mass is 15.3. The van der Waals surface area contributed by atoms with Crippen molar-refractivity contribution in [3.8, 4) is 23.7 Å². The molecule has 1 aromatic heterocycles. The third-order valence-corrected chi connectivity index (χ3v) is 4.09. The summed E-state index contributed by atoms with van der Waals surface area (Å²) in [6, 6.07) is 18.1. The van der Waals surface area contributed by atoms with Crippen molar-refractivity contribution in [2.24, 2.45) is 7.05 Å². The normalized spacial score (nSPS) is 10.4. The first-order valence-electron chi connectivity index (χ1n) is 7.98. The Morgan fingerprint density at radius 3 is 2.58 bits per heavy atom. The highest BCUT2D eigenvalue weighted by molar-refractivity contribution is 5.55. The second kappa shape index (κ2) is 7.01. The monoisotopic (exact) mass is 316 g/mol. The van der Waals surface area contributed by atoms with Crippen molar-refractivity contribution in [2.45, 2.75) is 13.5 Å². The number of hydrogen-bond donors (Lipinski definition) is 0. The van der Waals surface area contributed by atoms with Gasteiger partial charge in [-0.25, -0.2) is 0 Å². The Labute approximate surface area is 142 Å². The highest BCUT2D eigenvalue weighted by Gasteiger charge is 2.14. The molecular weight excluding hydrogens is 296 g/mol. The number of nitrogens with zero attached hydrogens (tertiary/aromatic N) is 4. The first kappa shape index (κ1) is 15.8. The molecule has 1 heterocycles. The molecule has 0 saturated carbocycles. The van der Waals surface area contributed by atoms with Gasteiger partial charge in [0.05, 0.1) is 6.54 Å². The van der Waals surface area contributed by atoms with Crippen LogP contribution in [-0.2, 0) is 13.6 Å². The van der Waals surface area contributed by atoms with Gasteiger partial charge in [0.2, 0.25) is 0 Å². The molecule has 24 heavy (non-hydrogen) atoms. The van der Waals surface area contributed by atoms with E-state index in [9.17, 15) is 0 Å². The molecule has 0 N–H and O–H groups in total. The molecule has 0 bridgehead atoms. The van der Waals surface area contributed by atoms with Crippen LogP contribution in [0.4, 0.5) is 5.69 Å². The molecule has 4 heteroatoms. The van der Waals surface area contributed by atoms with E-state index < -0.39 is 0 Å². The fourth-order valence-electron chi connectivity index (χ4n) is 2.69. The van der Waals surface area contributed by atoms with Crippen LogP contribution in [0.3, 0.4) is 0 Å². The van der Waals surface area contributed by atoms with Gasteiger partial charge in [-0.3, -0.25) is 0 Å². The van der Waals surface area contributed by atoms with E-state index in [1.54, 1.807) is 0 Å². The summed E-state index contributed by atoms with van der Waals surface area (Å²) >= 11 is 0. The lowest BCUT2D eigenvalue weighted by Gasteiger charge is -2.22. The predicted octanol–water partition coefficient (Wildman–Crippen LogP) is 3.49. The zero-order valence-electron chi connectivity index (χ0n) is 14.0. The average Bonchev–Trinajstić information content (AvgIpc) is 3.01. The van der Waals surface area contributed by atoms with Crippen molar-refractivity contribution in [3.05, 3.63) is 66.0 Å². The van der Waals surface area contributed by atoms with Gasteiger partial charge in [-0.1, -0.05) is 42.3 Å². The number of hydrogen-bond acceptors (Lipinski definition) is 3. The number of aromatic nitrogens is 3. The molecule has 0 unspecified atom stereocenters. The first-order valence-corrected chi connectivity index (χ1v) is 7.98. The van der Waals surface area contributed by atoms with Gasteiger partial charge in [0.1, 0.15) is 0 Å². The molecule has 0 fully saturated rings. The topological polar surface area (TPSA) is 34.0 Å². The summed E-state index contributed by atoms with van der Waals surface area (Å²) < 4.78 is 2.04. The molecule has 120 valence electrons. The van der Waals surface area contributed by atoms with Crippen molar-refractivity contribution in [2.75, 3.05) is 11.4 Å². The first-order chi connectivity index (χ1) is 11.7. The summed E-state index contributed by atoms with van der Waals surface area (Å²) in [4.78, 5) is 2.24. The Kier molecular flexibility index (Phi) is 4.62. The van der Waals surface area contributed by atoms with Crippen LogP contribution in [0.5, 0.6) is 0 Å². The fourth-order valence-corrected chi connectivity index (χ4v) is 2.69. The minimum absolute atomic E-state index is 0.681. The zero-order chi connectivity index (χ0) is 16.9. The average molecular weight is 316 g/mol. The molecule has 2 aromatic carbocycles. The summed E-state index contributed by atoms with van der Waals surface area (Å²) in [7, 11) is 2.00. The van der Waals surface area contributed by atoms with Gasteiger partial charge >= 0.3 is 0 Å². The quantitative estimate of drug-likeness (QED) is 0.676. The minimum Gasteiger partial charge on any atom is -0.364 e. The second-order valence-electron chi connectivity index (χ2n) is 5.57. The number of anilines is 1. The standard InChI is InChI=1S/C20H20N4/c1-4-16-10-9-13-18(14-16)24(5-2)15-19-21-22-20(23(19)3)17-11-7-6-8-12-17/h1,6-14H,5,15H2,2-3H3. The third-order valence-electron chi connectivity index (χ3n) is 4.09. The van der Waals surface area contributed by atoms with Crippen LogP contribution < -0.4 is 4.90 Å². The zero-order valence-corrected chi connectivity index (χ0v) is 14.0. The predicted molar refractivity (Wildman–Crippen MR) is 97.5 cm³/mol. The van der Waals surface area contributed by atoms with E-state index in [1.165, 1.54) is 0 Å². The molecule has 0 atom stereocenters. The Bertz CT molecular complexity index is 859. The van der Waals surface area contributed by atoms with Crippen molar-refractivity contribution in [1.29, 1.82) is 0 Å². The maximum Gasteiger partial charge on any atom is 0.163 e. The summed E-state index contributed by atoms with van der Waals surface area (Å²) in [6.45, 7) is 3.67. The van der Waals surface area contributed by atoms with E-state index in [4.69, 9.17) is 6.42 Å². The molecule has 0 aliphatic heterocycles. The minimum atomic E-state index is 0.681. The van der Waals surface area contributed by atoms with Crippen LogP contribution in [0.25, 0.3) is 11.4 Å². The van der Waals surface area contributed by atoms with Crippen molar-refractivity contribution in [3.63, 3.8) is 0 Å². The molecule has 3 rings (SSSR count). The van der Waals surface area contributed by atoms with Gasteiger partial charge in [0, 0.05) is 30.4 Å².